The predicted octanol–water partition coefficient (Wildman–Crippen LogP) is 2.18. The second-order valence-electron chi connectivity index (χ2n) is 6.15. The number of sulfonamides is 1. The highest BCUT2D eigenvalue weighted by atomic mass is 32.2. The van der Waals surface area contributed by atoms with Gasteiger partial charge in [0.25, 0.3) is 15.9 Å². The van der Waals surface area contributed by atoms with Crippen LogP contribution >= 0.6 is 0 Å². The van der Waals surface area contributed by atoms with Crippen LogP contribution in [0.3, 0.4) is 0 Å². The minimum absolute atomic E-state index is 0.0247. The first-order chi connectivity index (χ1) is 12.8. The molecule has 0 aromatic heterocycles. The van der Waals surface area contributed by atoms with Crippen LogP contribution in [0.5, 0.6) is 5.75 Å². The number of hydrogen-bond donors (Lipinski definition) is 2. The summed E-state index contributed by atoms with van der Waals surface area (Å²) in [6.07, 6.45) is 0. The van der Waals surface area contributed by atoms with E-state index in [1.807, 2.05) is 25.9 Å². The van der Waals surface area contributed by atoms with Crippen molar-refractivity contribution in [3.05, 3.63) is 54.1 Å². The summed E-state index contributed by atoms with van der Waals surface area (Å²) in [5.74, 6) is 0.354. The molecule has 27 heavy (non-hydrogen) atoms. The monoisotopic (exact) mass is 391 g/mol. The number of anilines is 1. The first-order valence-electron chi connectivity index (χ1n) is 8.60. The van der Waals surface area contributed by atoms with Gasteiger partial charge in [0.2, 0.25) is 0 Å². The zero-order valence-corrected chi connectivity index (χ0v) is 16.5. The fourth-order valence-electron chi connectivity index (χ4n) is 2.30. The molecule has 0 unspecified atom stereocenters. The highest BCUT2D eigenvalue weighted by Crippen LogP contribution is 2.20. The Balaban J connectivity index is 2.10. The topological polar surface area (TPSA) is 87.7 Å². The molecule has 0 radical (unpaired) electrons. The van der Waals surface area contributed by atoms with E-state index in [0.717, 1.165) is 0 Å². The van der Waals surface area contributed by atoms with Crippen molar-refractivity contribution in [2.75, 3.05) is 38.5 Å². The Morgan fingerprint density at radius 1 is 1.11 bits per heavy atom. The number of likely N-dealkylation sites (N-methyl/N-ethyl adjacent to an activating group) is 1. The van der Waals surface area contributed by atoms with Crippen LogP contribution in [0.2, 0.25) is 0 Å². The van der Waals surface area contributed by atoms with Crippen LogP contribution in [-0.4, -0.2) is 53.0 Å². The lowest BCUT2D eigenvalue weighted by Crippen LogP contribution is -2.31. The van der Waals surface area contributed by atoms with Crippen LogP contribution in [0.1, 0.15) is 17.3 Å². The van der Waals surface area contributed by atoms with E-state index < -0.39 is 10.0 Å². The summed E-state index contributed by atoms with van der Waals surface area (Å²) in [7, 11) is 0.00986. The third kappa shape index (κ3) is 6.26. The smallest absolute Gasteiger partial charge is 0.261 e. The molecule has 146 valence electrons. The van der Waals surface area contributed by atoms with Crippen molar-refractivity contribution in [2.45, 2.75) is 11.8 Å². The number of benzene rings is 2. The molecular weight excluding hydrogens is 366 g/mol. The van der Waals surface area contributed by atoms with Crippen molar-refractivity contribution in [3.8, 4) is 5.75 Å². The number of nitrogens with zero attached hydrogens (tertiary/aromatic N) is 1. The van der Waals surface area contributed by atoms with Crippen LogP contribution in [-0.2, 0) is 10.0 Å². The number of carbonyl (C=O) groups excluding carboxylic acids is 1. The van der Waals surface area contributed by atoms with E-state index in [-0.39, 0.29) is 10.8 Å². The van der Waals surface area contributed by atoms with Crippen molar-refractivity contribution < 1.29 is 17.9 Å². The molecule has 2 N–H and O–H groups in total. The van der Waals surface area contributed by atoms with E-state index in [0.29, 0.717) is 36.7 Å². The van der Waals surface area contributed by atoms with Gasteiger partial charge in [-0.3, -0.25) is 9.52 Å². The minimum atomic E-state index is -3.81. The van der Waals surface area contributed by atoms with Gasteiger partial charge in [0.05, 0.1) is 11.5 Å². The molecule has 7 nitrogen and oxygen atoms in total. The van der Waals surface area contributed by atoms with E-state index in [1.54, 1.807) is 36.4 Å². The van der Waals surface area contributed by atoms with Crippen molar-refractivity contribution in [3.63, 3.8) is 0 Å². The Morgan fingerprint density at radius 2 is 1.81 bits per heavy atom. The van der Waals surface area contributed by atoms with Crippen molar-refractivity contribution in [1.82, 2.24) is 10.2 Å². The van der Waals surface area contributed by atoms with Crippen LogP contribution in [0.15, 0.2) is 53.4 Å². The van der Waals surface area contributed by atoms with Gasteiger partial charge in [0.15, 0.2) is 0 Å². The molecule has 1 amide bonds. The summed E-state index contributed by atoms with van der Waals surface area (Å²) in [5.41, 5.74) is 0.711. The molecule has 0 saturated carbocycles. The molecule has 0 aliphatic heterocycles. The summed E-state index contributed by atoms with van der Waals surface area (Å²) in [4.78, 5) is 14.2. The average Bonchev–Trinajstić information content (AvgIpc) is 2.63. The molecule has 2 rings (SSSR count). The minimum Gasteiger partial charge on any atom is -0.494 e. The Hall–Kier alpha value is -2.58. The molecule has 0 heterocycles. The molecule has 0 fully saturated rings. The van der Waals surface area contributed by atoms with E-state index in [4.69, 9.17) is 4.74 Å². The number of hydrogen-bond acceptors (Lipinski definition) is 5. The van der Waals surface area contributed by atoms with Crippen LogP contribution < -0.4 is 14.8 Å². The van der Waals surface area contributed by atoms with Crippen LogP contribution in [0.4, 0.5) is 5.69 Å². The second kappa shape index (κ2) is 9.38. The highest BCUT2D eigenvalue weighted by molar-refractivity contribution is 7.92. The molecule has 0 atom stereocenters. The zero-order chi connectivity index (χ0) is 19.9. The lowest BCUT2D eigenvalue weighted by atomic mass is 10.2. The SMILES string of the molecule is CCOc1ccc(NS(=O)(=O)c2cccc(C(=O)NCCN(C)C)c2)cc1. The average molecular weight is 391 g/mol. The maximum Gasteiger partial charge on any atom is 0.261 e. The van der Waals surface area contributed by atoms with Crippen molar-refractivity contribution >= 4 is 21.6 Å². The van der Waals surface area contributed by atoms with Crippen LogP contribution in [0, 0.1) is 0 Å². The third-order valence-corrected chi connectivity index (χ3v) is 5.05. The lowest BCUT2D eigenvalue weighted by molar-refractivity contribution is 0.0951. The second-order valence-corrected chi connectivity index (χ2v) is 7.83. The van der Waals surface area contributed by atoms with E-state index in [2.05, 4.69) is 10.0 Å². The molecule has 0 aliphatic carbocycles. The number of carbonyl (C=O) groups is 1. The number of ether oxygens (including phenoxy) is 1. The Kier molecular flexibility index (Phi) is 7.20. The molecule has 0 aliphatic rings. The Morgan fingerprint density at radius 3 is 2.44 bits per heavy atom. The van der Waals surface area contributed by atoms with Gasteiger partial charge >= 0.3 is 0 Å². The molecule has 2 aromatic carbocycles. The summed E-state index contributed by atoms with van der Waals surface area (Å²) >= 11 is 0. The highest BCUT2D eigenvalue weighted by Gasteiger charge is 2.16. The van der Waals surface area contributed by atoms with Gasteiger partial charge in [0, 0.05) is 24.3 Å². The fourth-order valence-corrected chi connectivity index (χ4v) is 3.40. The maximum atomic E-state index is 12.6. The Labute approximate surface area is 160 Å². The summed E-state index contributed by atoms with van der Waals surface area (Å²) in [6, 6.07) is 12.6. The quantitative estimate of drug-likeness (QED) is 0.684. The van der Waals surface area contributed by atoms with Crippen LogP contribution in [0.25, 0.3) is 0 Å². The summed E-state index contributed by atoms with van der Waals surface area (Å²) < 4.78 is 33.1. The predicted molar refractivity (Wildman–Crippen MR) is 106 cm³/mol. The molecule has 0 spiro atoms. The van der Waals surface area contributed by atoms with Crippen molar-refractivity contribution in [2.24, 2.45) is 0 Å². The molecular formula is C19H25N3O4S. The fraction of sp³-hybridized carbons (Fsp3) is 0.316. The normalized spacial score (nSPS) is 11.3. The largest absolute Gasteiger partial charge is 0.494 e. The van der Waals surface area contributed by atoms with Gasteiger partial charge < -0.3 is 15.0 Å². The zero-order valence-electron chi connectivity index (χ0n) is 15.7. The standard InChI is InChI=1S/C19H25N3O4S/c1-4-26-17-10-8-16(9-11-17)21-27(24,25)18-7-5-6-15(14-18)19(23)20-12-13-22(2)3/h5-11,14,21H,4,12-13H2,1-3H3,(H,20,23). The molecule has 8 heteroatoms. The van der Waals surface area contributed by atoms with Gasteiger partial charge in [0.1, 0.15) is 5.75 Å². The van der Waals surface area contributed by atoms with E-state index in [9.17, 15) is 13.2 Å². The van der Waals surface area contributed by atoms with Crippen molar-refractivity contribution in [1.29, 1.82) is 0 Å². The van der Waals surface area contributed by atoms with E-state index in [1.165, 1.54) is 12.1 Å². The first-order valence-corrected chi connectivity index (χ1v) is 10.1. The molecule has 2 aromatic rings. The summed E-state index contributed by atoms with van der Waals surface area (Å²) in [5, 5.41) is 2.77. The Bertz CT molecular complexity index is 865. The summed E-state index contributed by atoms with van der Waals surface area (Å²) in [6.45, 7) is 3.59. The number of rotatable bonds is 9. The maximum absolute atomic E-state index is 12.6. The van der Waals surface area contributed by atoms with E-state index >= 15 is 0 Å². The van der Waals surface area contributed by atoms with Gasteiger partial charge in [-0.05, 0) is 63.5 Å². The van der Waals surface area contributed by atoms with Gasteiger partial charge in [-0.15, -0.1) is 0 Å². The number of amides is 1. The number of nitrogens with one attached hydrogen (secondary N) is 2. The lowest BCUT2D eigenvalue weighted by Gasteiger charge is -2.12. The van der Waals surface area contributed by atoms with Gasteiger partial charge in [-0.2, -0.15) is 0 Å². The van der Waals surface area contributed by atoms with Gasteiger partial charge in [-0.1, -0.05) is 6.07 Å². The first kappa shape index (κ1) is 20.7. The third-order valence-electron chi connectivity index (χ3n) is 3.67. The molecule has 0 bridgehead atoms. The molecule has 0 saturated heterocycles. The van der Waals surface area contributed by atoms with Gasteiger partial charge in [-0.25, -0.2) is 8.42 Å².